The first-order valence-electron chi connectivity index (χ1n) is 6.16. The summed E-state index contributed by atoms with van der Waals surface area (Å²) in [6, 6.07) is -0.906. The molecule has 1 amide bonds. The van der Waals surface area contributed by atoms with Gasteiger partial charge in [0, 0.05) is 11.1 Å². The number of aryl methyl sites for hydroxylation is 1. The molecule has 120 valence electrons. The van der Waals surface area contributed by atoms with Crippen molar-refractivity contribution in [3.8, 4) is 0 Å². The molecule has 1 N–H and O–H groups in total. The van der Waals surface area contributed by atoms with Crippen LogP contribution in [0.1, 0.15) is 29.2 Å². The van der Waals surface area contributed by atoms with Crippen molar-refractivity contribution in [1.29, 1.82) is 0 Å². The third-order valence-corrected chi connectivity index (χ3v) is 4.72. The minimum Gasteiger partial charge on any atom is -0.300 e. The molecule has 2 heterocycles. The van der Waals surface area contributed by atoms with Gasteiger partial charge in [-0.15, -0.1) is 11.3 Å². The highest BCUT2D eigenvalue weighted by molar-refractivity contribution is 9.10. The highest BCUT2D eigenvalue weighted by Gasteiger charge is 2.39. The molecule has 0 aromatic carbocycles. The van der Waals surface area contributed by atoms with Crippen molar-refractivity contribution >= 4 is 38.3 Å². The molecule has 2 aromatic heterocycles. The van der Waals surface area contributed by atoms with Crippen LogP contribution in [-0.2, 0) is 11.0 Å². The van der Waals surface area contributed by atoms with E-state index in [9.17, 15) is 18.0 Å². The van der Waals surface area contributed by atoms with E-state index in [2.05, 4.69) is 31.3 Å². The number of anilines is 1. The van der Waals surface area contributed by atoms with E-state index in [4.69, 9.17) is 0 Å². The van der Waals surface area contributed by atoms with Crippen LogP contribution in [0.4, 0.5) is 18.3 Å². The number of halogens is 4. The van der Waals surface area contributed by atoms with Gasteiger partial charge in [0.1, 0.15) is 6.04 Å². The zero-order valence-corrected chi connectivity index (χ0v) is 14.2. The zero-order valence-electron chi connectivity index (χ0n) is 11.8. The van der Waals surface area contributed by atoms with E-state index in [0.29, 0.717) is 5.13 Å². The lowest BCUT2D eigenvalue weighted by Gasteiger charge is -2.13. The van der Waals surface area contributed by atoms with Gasteiger partial charge in [-0.25, -0.2) is 4.98 Å². The Morgan fingerprint density at radius 2 is 2.09 bits per heavy atom. The SMILES string of the molecule is Cc1cnc(NC(=O)[C@H](C)n2nc(C(F)(F)F)c(Br)c2C)s1. The maximum atomic E-state index is 12.8. The summed E-state index contributed by atoms with van der Waals surface area (Å²) in [7, 11) is 0. The fourth-order valence-corrected chi connectivity index (χ4v) is 2.94. The summed E-state index contributed by atoms with van der Waals surface area (Å²) < 4.78 is 39.4. The molecular formula is C12H12BrF3N4OS. The number of nitrogens with zero attached hydrogens (tertiary/aromatic N) is 3. The Hall–Kier alpha value is -1.42. The van der Waals surface area contributed by atoms with E-state index in [0.717, 1.165) is 9.56 Å². The Labute approximate surface area is 136 Å². The van der Waals surface area contributed by atoms with Gasteiger partial charge in [-0.1, -0.05) is 0 Å². The average molecular weight is 397 g/mol. The van der Waals surface area contributed by atoms with Crippen molar-refractivity contribution in [2.75, 3.05) is 5.32 Å². The first-order chi connectivity index (χ1) is 10.1. The Balaban J connectivity index is 2.25. The lowest BCUT2D eigenvalue weighted by molar-refractivity contribution is -0.142. The van der Waals surface area contributed by atoms with Crippen LogP contribution in [0.2, 0.25) is 0 Å². The highest BCUT2D eigenvalue weighted by Crippen LogP contribution is 2.36. The fraction of sp³-hybridized carbons (Fsp3) is 0.417. The van der Waals surface area contributed by atoms with Crippen LogP contribution < -0.4 is 5.32 Å². The molecule has 2 rings (SSSR count). The molecule has 22 heavy (non-hydrogen) atoms. The number of alkyl halides is 3. The third kappa shape index (κ3) is 3.32. The molecule has 0 fully saturated rings. The Morgan fingerprint density at radius 1 is 1.45 bits per heavy atom. The molecule has 0 saturated carbocycles. The van der Waals surface area contributed by atoms with E-state index in [-0.39, 0.29) is 10.2 Å². The van der Waals surface area contributed by atoms with E-state index >= 15 is 0 Å². The number of thiazole rings is 1. The highest BCUT2D eigenvalue weighted by atomic mass is 79.9. The van der Waals surface area contributed by atoms with Crippen molar-refractivity contribution in [3.63, 3.8) is 0 Å². The quantitative estimate of drug-likeness (QED) is 0.854. The third-order valence-electron chi connectivity index (χ3n) is 2.94. The topological polar surface area (TPSA) is 59.8 Å². The zero-order chi connectivity index (χ0) is 16.7. The molecule has 0 bridgehead atoms. The molecule has 5 nitrogen and oxygen atoms in total. The second kappa shape index (κ2) is 5.99. The molecular weight excluding hydrogens is 385 g/mol. The summed E-state index contributed by atoms with van der Waals surface area (Å²) in [5.41, 5.74) is -0.819. The van der Waals surface area contributed by atoms with E-state index in [1.165, 1.54) is 25.2 Å². The molecule has 2 aromatic rings. The van der Waals surface area contributed by atoms with Gasteiger partial charge >= 0.3 is 6.18 Å². The Bertz CT molecular complexity index is 710. The average Bonchev–Trinajstić information content (AvgIpc) is 2.93. The van der Waals surface area contributed by atoms with Crippen LogP contribution in [0.3, 0.4) is 0 Å². The first-order valence-corrected chi connectivity index (χ1v) is 7.77. The summed E-state index contributed by atoms with van der Waals surface area (Å²) in [6.45, 7) is 4.77. The van der Waals surface area contributed by atoms with Gasteiger partial charge < -0.3 is 5.32 Å². The number of rotatable bonds is 3. The van der Waals surface area contributed by atoms with Gasteiger partial charge in [0.05, 0.1) is 10.2 Å². The summed E-state index contributed by atoms with van der Waals surface area (Å²) in [5.74, 6) is -0.485. The number of carbonyl (C=O) groups excluding carboxylic acids is 1. The van der Waals surface area contributed by atoms with Crippen molar-refractivity contribution in [2.45, 2.75) is 33.0 Å². The molecule has 0 aliphatic heterocycles. The maximum Gasteiger partial charge on any atom is 0.436 e. The van der Waals surface area contributed by atoms with Gasteiger partial charge in [0.15, 0.2) is 10.8 Å². The van der Waals surface area contributed by atoms with Crippen molar-refractivity contribution in [2.24, 2.45) is 0 Å². The molecule has 0 radical (unpaired) electrons. The smallest absolute Gasteiger partial charge is 0.300 e. The van der Waals surface area contributed by atoms with Crippen molar-refractivity contribution < 1.29 is 18.0 Å². The number of hydrogen-bond acceptors (Lipinski definition) is 4. The summed E-state index contributed by atoms with van der Waals surface area (Å²) in [4.78, 5) is 17.0. The predicted octanol–water partition coefficient (Wildman–Crippen LogP) is 3.94. The molecule has 0 unspecified atom stereocenters. The largest absolute Gasteiger partial charge is 0.436 e. The number of hydrogen-bond donors (Lipinski definition) is 1. The molecule has 0 aliphatic rings. The second-order valence-corrected chi connectivity index (χ2v) is 6.66. The minimum absolute atomic E-state index is 0.162. The van der Waals surface area contributed by atoms with Gasteiger partial charge in [0.2, 0.25) is 0 Å². The van der Waals surface area contributed by atoms with Crippen LogP contribution in [0.15, 0.2) is 10.7 Å². The van der Waals surface area contributed by atoms with Crippen molar-refractivity contribution in [3.05, 3.63) is 26.9 Å². The number of carbonyl (C=O) groups is 1. The van der Waals surface area contributed by atoms with Gasteiger partial charge in [-0.3, -0.25) is 9.48 Å². The maximum absolute atomic E-state index is 12.8. The van der Waals surface area contributed by atoms with Gasteiger partial charge in [-0.05, 0) is 36.7 Å². The number of amides is 1. The first kappa shape index (κ1) is 16.9. The summed E-state index contributed by atoms with van der Waals surface area (Å²) >= 11 is 4.16. The van der Waals surface area contributed by atoms with E-state index in [1.54, 1.807) is 6.20 Å². The second-order valence-electron chi connectivity index (χ2n) is 4.63. The monoisotopic (exact) mass is 396 g/mol. The Morgan fingerprint density at radius 3 is 2.55 bits per heavy atom. The molecule has 0 saturated heterocycles. The normalized spacial score (nSPS) is 13.2. The summed E-state index contributed by atoms with van der Waals surface area (Å²) in [6.07, 6.45) is -2.99. The minimum atomic E-state index is -4.59. The number of aromatic nitrogens is 3. The van der Waals surface area contributed by atoms with Crippen LogP contribution in [-0.4, -0.2) is 20.7 Å². The van der Waals surface area contributed by atoms with Crippen molar-refractivity contribution in [1.82, 2.24) is 14.8 Å². The van der Waals surface area contributed by atoms with E-state index in [1.807, 2.05) is 6.92 Å². The predicted molar refractivity (Wildman–Crippen MR) is 79.9 cm³/mol. The van der Waals surface area contributed by atoms with Crippen LogP contribution in [0.25, 0.3) is 0 Å². The van der Waals surface area contributed by atoms with E-state index < -0.39 is 23.8 Å². The van der Waals surface area contributed by atoms with Gasteiger partial charge in [0.25, 0.3) is 5.91 Å². The lowest BCUT2D eigenvalue weighted by atomic mass is 10.3. The molecule has 10 heteroatoms. The molecule has 0 aliphatic carbocycles. The molecule has 0 spiro atoms. The van der Waals surface area contributed by atoms with Gasteiger partial charge in [-0.2, -0.15) is 18.3 Å². The number of nitrogens with one attached hydrogen (secondary N) is 1. The molecule has 1 atom stereocenters. The summed E-state index contributed by atoms with van der Waals surface area (Å²) in [5, 5.41) is 6.48. The standard InChI is InChI=1S/C12H12BrF3N4OS/c1-5-4-17-11(22-5)18-10(21)7(3)20-6(2)8(13)9(19-20)12(14,15)16/h4,7H,1-3H3,(H,17,18,21)/t7-/m0/s1. The van der Waals surface area contributed by atoms with Crippen LogP contribution >= 0.6 is 27.3 Å². The Kier molecular flexibility index (Phi) is 4.62. The van der Waals surface area contributed by atoms with Crippen LogP contribution in [0.5, 0.6) is 0 Å². The lowest BCUT2D eigenvalue weighted by Crippen LogP contribution is -2.25. The fourth-order valence-electron chi connectivity index (χ4n) is 1.79. The van der Waals surface area contributed by atoms with Crippen LogP contribution in [0, 0.1) is 13.8 Å².